The van der Waals surface area contributed by atoms with Crippen LogP contribution in [0.3, 0.4) is 0 Å². The summed E-state index contributed by atoms with van der Waals surface area (Å²) in [6.07, 6.45) is 7.60. The Morgan fingerprint density at radius 3 is 3.00 bits per heavy atom. The van der Waals surface area contributed by atoms with Crippen molar-refractivity contribution in [3.05, 3.63) is 12.7 Å². The van der Waals surface area contributed by atoms with Gasteiger partial charge in [-0.3, -0.25) is 4.90 Å². The first-order chi connectivity index (χ1) is 6.90. The molecular weight excluding hydrogens is 172 g/mol. The second kappa shape index (κ2) is 4.94. The molecule has 0 saturated carbocycles. The molecule has 0 spiro atoms. The Balaban J connectivity index is 1.83. The van der Waals surface area contributed by atoms with Crippen molar-refractivity contribution in [2.24, 2.45) is 5.92 Å². The summed E-state index contributed by atoms with van der Waals surface area (Å²) in [5.41, 5.74) is 0. The number of hydrogen-bond donors (Lipinski definition) is 1. The normalized spacial score (nSPS) is 34.6. The van der Waals surface area contributed by atoms with Gasteiger partial charge in [-0.2, -0.15) is 0 Å². The quantitative estimate of drug-likeness (QED) is 0.687. The fourth-order valence-corrected chi connectivity index (χ4v) is 2.88. The zero-order valence-corrected chi connectivity index (χ0v) is 9.04. The Morgan fingerprint density at radius 1 is 1.36 bits per heavy atom. The molecule has 2 fully saturated rings. The first-order valence-electron chi connectivity index (χ1n) is 5.97. The van der Waals surface area contributed by atoms with Gasteiger partial charge in [-0.05, 0) is 44.7 Å². The summed E-state index contributed by atoms with van der Waals surface area (Å²) < 4.78 is 0. The maximum atomic E-state index is 3.82. The Morgan fingerprint density at radius 2 is 2.29 bits per heavy atom. The first-order valence-corrected chi connectivity index (χ1v) is 5.97. The Kier molecular flexibility index (Phi) is 3.60. The molecule has 0 bridgehead atoms. The summed E-state index contributed by atoms with van der Waals surface area (Å²) in [5.74, 6) is 0.895. The number of hydrogen-bond acceptors (Lipinski definition) is 2. The van der Waals surface area contributed by atoms with Gasteiger partial charge in [0.15, 0.2) is 0 Å². The second-order valence-corrected chi connectivity index (χ2v) is 4.65. The van der Waals surface area contributed by atoms with E-state index < -0.39 is 0 Å². The van der Waals surface area contributed by atoms with Crippen LogP contribution in [0.5, 0.6) is 0 Å². The Hall–Kier alpha value is -0.340. The maximum absolute atomic E-state index is 3.82. The van der Waals surface area contributed by atoms with Crippen molar-refractivity contribution < 1.29 is 0 Å². The lowest BCUT2D eigenvalue weighted by molar-refractivity contribution is 0.165. The second-order valence-electron chi connectivity index (χ2n) is 4.65. The van der Waals surface area contributed by atoms with Crippen molar-refractivity contribution in [2.45, 2.75) is 31.7 Å². The minimum atomic E-state index is 0.808. The van der Waals surface area contributed by atoms with Gasteiger partial charge in [-0.1, -0.05) is 6.08 Å². The molecule has 2 unspecified atom stereocenters. The van der Waals surface area contributed by atoms with E-state index in [-0.39, 0.29) is 0 Å². The summed E-state index contributed by atoms with van der Waals surface area (Å²) in [6.45, 7) is 8.69. The molecule has 2 heterocycles. The van der Waals surface area contributed by atoms with Gasteiger partial charge in [-0.15, -0.1) is 6.58 Å². The van der Waals surface area contributed by atoms with Crippen LogP contribution in [0.4, 0.5) is 0 Å². The van der Waals surface area contributed by atoms with Crippen molar-refractivity contribution in [1.29, 1.82) is 0 Å². The maximum Gasteiger partial charge on any atom is 0.0160 e. The molecule has 2 atom stereocenters. The van der Waals surface area contributed by atoms with E-state index in [1.54, 1.807) is 0 Å². The lowest BCUT2D eigenvalue weighted by Crippen LogP contribution is -2.43. The van der Waals surface area contributed by atoms with E-state index >= 15 is 0 Å². The minimum absolute atomic E-state index is 0.808. The highest BCUT2D eigenvalue weighted by Gasteiger charge is 2.28. The molecule has 0 radical (unpaired) electrons. The fourth-order valence-electron chi connectivity index (χ4n) is 2.88. The number of rotatable bonds is 3. The van der Waals surface area contributed by atoms with Crippen LogP contribution in [0.2, 0.25) is 0 Å². The first kappa shape index (κ1) is 10.2. The predicted octanol–water partition coefficient (Wildman–Crippen LogP) is 1.64. The van der Waals surface area contributed by atoms with Gasteiger partial charge in [0.2, 0.25) is 0 Å². The summed E-state index contributed by atoms with van der Waals surface area (Å²) in [7, 11) is 0. The zero-order chi connectivity index (χ0) is 9.80. The van der Waals surface area contributed by atoms with Crippen LogP contribution >= 0.6 is 0 Å². The third-order valence-electron chi connectivity index (χ3n) is 3.60. The summed E-state index contributed by atoms with van der Waals surface area (Å²) in [4.78, 5) is 2.54. The largest absolute Gasteiger partial charge is 0.314 e. The van der Waals surface area contributed by atoms with Gasteiger partial charge in [0.1, 0.15) is 0 Å². The molecule has 14 heavy (non-hydrogen) atoms. The fraction of sp³-hybridized carbons (Fsp3) is 0.833. The van der Waals surface area contributed by atoms with Crippen molar-refractivity contribution in [3.63, 3.8) is 0 Å². The van der Waals surface area contributed by atoms with Crippen LogP contribution in [0.25, 0.3) is 0 Å². The highest BCUT2D eigenvalue weighted by atomic mass is 15.1. The van der Waals surface area contributed by atoms with Gasteiger partial charge in [0.05, 0.1) is 0 Å². The van der Waals surface area contributed by atoms with Crippen LogP contribution in [0.15, 0.2) is 12.7 Å². The predicted molar refractivity (Wildman–Crippen MR) is 60.4 cm³/mol. The van der Waals surface area contributed by atoms with E-state index in [2.05, 4.69) is 16.8 Å². The number of likely N-dealkylation sites (tertiary alicyclic amines) is 1. The molecule has 80 valence electrons. The molecule has 2 saturated heterocycles. The van der Waals surface area contributed by atoms with E-state index in [1.165, 1.54) is 45.3 Å². The average Bonchev–Trinajstić information content (AvgIpc) is 2.71. The van der Waals surface area contributed by atoms with Crippen LogP contribution in [0.1, 0.15) is 25.7 Å². The summed E-state index contributed by atoms with van der Waals surface area (Å²) in [5, 5.41) is 3.64. The Labute approximate surface area is 87.4 Å². The molecule has 2 aliphatic heterocycles. The number of nitrogens with one attached hydrogen (secondary N) is 1. The molecular formula is C12H22N2. The van der Waals surface area contributed by atoms with E-state index in [0.29, 0.717) is 0 Å². The van der Waals surface area contributed by atoms with E-state index in [4.69, 9.17) is 0 Å². The van der Waals surface area contributed by atoms with Gasteiger partial charge >= 0.3 is 0 Å². The smallest absolute Gasteiger partial charge is 0.0160 e. The van der Waals surface area contributed by atoms with Crippen molar-refractivity contribution in [1.82, 2.24) is 10.2 Å². The monoisotopic (exact) mass is 194 g/mol. The van der Waals surface area contributed by atoms with Gasteiger partial charge < -0.3 is 5.32 Å². The van der Waals surface area contributed by atoms with Crippen LogP contribution < -0.4 is 5.32 Å². The molecule has 0 aromatic carbocycles. The molecule has 0 aromatic heterocycles. The van der Waals surface area contributed by atoms with E-state index in [9.17, 15) is 0 Å². The SMILES string of the molecule is C=CCN1CCCC(C2CCCN2)C1. The van der Waals surface area contributed by atoms with Crippen LogP contribution in [-0.2, 0) is 0 Å². The molecule has 2 nitrogen and oxygen atoms in total. The minimum Gasteiger partial charge on any atom is -0.314 e. The van der Waals surface area contributed by atoms with Gasteiger partial charge in [-0.25, -0.2) is 0 Å². The van der Waals surface area contributed by atoms with Gasteiger partial charge in [0, 0.05) is 19.1 Å². The molecule has 0 aromatic rings. The molecule has 2 aliphatic rings. The zero-order valence-electron chi connectivity index (χ0n) is 9.04. The number of piperidine rings is 1. The van der Waals surface area contributed by atoms with Crippen molar-refractivity contribution >= 4 is 0 Å². The van der Waals surface area contributed by atoms with Crippen molar-refractivity contribution in [3.8, 4) is 0 Å². The third-order valence-corrected chi connectivity index (χ3v) is 3.60. The molecule has 0 aliphatic carbocycles. The summed E-state index contributed by atoms with van der Waals surface area (Å²) in [6, 6.07) is 0.808. The van der Waals surface area contributed by atoms with E-state index in [0.717, 1.165) is 18.5 Å². The highest BCUT2D eigenvalue weighted by Crippen LogP contribution is 2.24. The standard InChI is InChI=1S/C12H22N2/c1-2-8-14-9-4-5-11(10-14)12-6-3-7-13-12/h2,11-13H,1,3-10H2. The van der Waals surface area contributed by atoms with Crippen LogP contribution in [0, 0.1) is 5.92 Å². The molecule has 1 N–H and O–H groups in total. The third kappa shape index (κ3) is 2.37. The lowest BCUT2D eigenvalue weighted by atomic mass is 9.90. The highest BCUT2D eigenvalue weighted by molar-refractivity contribution is 4.87. The van der Waals surface area contributed by atoms with Crippen LogP contribution in [-0.4, -0.2) is 37.1 Å². The van der Waals surface area contributed by atoms with Crippen molar-refractivity contribution in [2.75, 3.05) is 26.2 Å². The topological polar surface area (TPSA) is 15.3 Å². The van der Waals surface area contributed by atoms with Gasteiger partial charge in [0.25, 0.3) is 0 Å². The molecule has 2 heteroatoms. The lowest BCUT2D eigenvalue weighted by Gasteiger charge is -2.35. The molecule has 2 rings (SSSR count). The average molecular weight is 194 g/mol. The number of nitrogens with zero attached hydrogens (tertiary/aromatic N) is 1. The Bertz CT molecular complexity index is 185. The van der Waals surface area contributed by atoms with E-state index in [1.807, 2.05) is 6.08 Å². The summed E-state index contributed by atoms with van der Waals surface area (Å²) >= 11 is 0. The molecule has 0 amide bonds.